The highest BCUT2D eigenvalue weighted by Crippen LogP contribution is 2.15. The molecule has 126 valence electrons. The standard InChI is InChI=1S/C16H16N2O5S/c19-14(11-4-9-24-10-11)17-5-1-6-18(8-7-17)15(20)12-2-3-13(23-12)16(21)22/h2-4,9-10H,1,5-8H2,(H,21,22). The van der Waals surface area contributed by atoms with Crippen LogP contribution in [0.3, 0.4) is 0 Å². The third kappa shape index (κ3) is 3.33. The Bertz CT molecular complexity index is 752. The van der Waals surface area contributed by atoms with Gasteiger partial charge in [-0.05, 0) is 30.0 Å². The summed E-state index contributed by atoms with van der Waals surface area (Å²) >= 11 is 1.47. The number of amides is 2. The third-order valence-corrected chi connectivity index (χ3v) is 4.55. The van der Waals surface area contributed by atoms with Gasteiger partial charge in [0.05, 0.1) is 5.56 Å². The number of carboxylic acid groups (broad SMARTS) is 1. The summed E-state index contributed by atoms with van der Waals surface area (Å²) in [5.74, 6) is -1.85. The molecule has 0 saturated carbocycles. The molecule has 0 atom stereocenters. The first kappa shape index (κ1) is 16.3. The van der Waals surface area contributed by atoms with E-state index in [0.29, 0.717) is 38.2 Å². The maximum Gasteiger partial charge on any atom is 0.371 e. The van der Waals surface area contributed by atoms with Crippen molar-refractivity contribution in [2.45, 2.75) is 6.42 Å². The van der Waals surface area contributed by atoms with Crippen LogP contribution in [0.25, 0.3) is 0 Å². The van der Waals surface area contributed by atoms with Gasteiger partial charge in [-0.25, -0.2) is 4.79 Å². The minimum absolute atomic E-state index is 0.00464. The van der Waals surface area contributed by atoms with Crippen molar-refractivity contribution in [1.29, 1.82) is 0 Å². The molecule has 2 aromatic rings. The first-order valence-corrected chi connectivity index (χ1v) is 8.44. The van der Waals surface area contributed by atoms with E-state index in [2.05, 4.69) is 0 Å². The van der Waals surface area contributed by atoms with Crippen LogP contribution in [-0.2, 0) is 0 Å². The van der Waals surface area contributed by atoms with Crippen LogP contribution in [0.15, 0.2) is 33.4 Å². The molecule has 0 spiro atoms. The molecule has 1 saturated heterocycles. The summed E-state index contributed by atoms with van der Waals surface area (Å²) in [5, 5.41) is 12.5. The highest BCUT2D eigenvalue weighted by molar-refractivity contribution is 7.08. The molecule has 1 aliphatic heterocycles. The predicted octanol–water partition coefficient (Wildman–Crippen LogP) is 2.03. The molecule has 2 amide bonds. The van der Waals surface area contributed by atoms with Crippen LogP contribution in [0.5, 0.6) is 0 Å². The van der Waals surface area contributed by atoms with E-state index in [0.717, 1.165) is 0 Å². The molecule has 3 heterocycles. The fourth-order valence-electron chi connectivity index (χ4n) is 2.62. The molecule has 0 unspecified atom stereocenters. The number of hydrogen-bond donors (Lipinski definition) is 1. The Balaban J connectivity index is 1.65. The lowest BCUT2D eigenvalue weighted by Gasteiger charge is -2.21. The average molecular weight is 348 g/mol. The van der Waals surface area contributed by atoms with E-state index in [1.54, 1.807) is 15.9 Å². The molecular formula is C16H16N2O5S. The zero-order valence-electron chi connectivity index (χ0n) is 12.8. The summed E-state index contributed by atoms with van der Waals surface area (Å²) in [6.07, 6.45) is 0.661. The van der Waals surface area contributed by atoms with Gasteiger partial charge in [-0.15, -0.1) is 0 Å². The summed E-state index contributed by atoms with van der Waals surface area (Å²) < 4.78 is 5.06. The van der Waals surface area contributed by atoms with Crippen molar-refractivity contribution < 1.29 is 23.9 Å². The molecule has 1 fully saturated rings. The van der Waals surface area contributed by atoms with Crippen molar-refractivity contribution in [3.8, 4) is 0 Å². The lowest BCUT2D eigenvalue weighted by atomic mass is 10.3. The summed E-state index contributed by atoms with van der Waals surface area (Å²) in [5.41, 5.74) is 0.664. The SMILES string of the molecule is O=C(O)c1ccc(C(=O)N2CCCN(C(=O)c3ccsc3)CC2)o1. The topological polar surface area (TPSA) is 91.1 Å². The van der Waals surface area contributed by atoms with Gasteiger partial charge in [0.25, 0.3) is 11.8 Å². The Labute approximate surface area is 142 Å². The second-order valence-electron chi connectivity index (χ2n) is 5.42. The maximum atomic E-state index is 12.4. The molecule has 24 heavy (non-hydrogen) atoms. The largest absolute Gasteiger partial charge is 0.475 e. The van der Waals surface area contributed by atoms with Crippen LogP contribution in [0.2, 0.25) is 0 Å². The molecule has 8 heteroatoms. The number of hydrogen-bond acceptors (Lipinski definition) is 5. The molecule has 0 aliphatic carbocycles. The summed E-state index contributed by atoms with van der Waals surface area (Å²) in [6, 6.07) is 4.42. The lowest BCUT2D eigenvalue weighted by molar-refractivity contribution is 0.0645. The molecule has 3 rings (SSSR count). The summed E-state index contributed by atoms with van der Waals surface area (Å²) in [7, 11) is 0. The molecule has 0 aromatic carbocycles. The van der Waals surface area contributed by atoms with Crippen LogP contribution in [0.4, 0.5) is 0 Å². The molecule has 1 aliphatic rings. The first-order chi connectivity index (χ1) is 11.6. The number of nitrogens with zero attached hydrogens (tertiary/aromatic N) is 2. The van der Waals surface area contributed by atoms with Crippen molar-refractivity contribution in [1.82, 2.24) is 9.80 Å². The Morgan fingerprint density at radius 1 is 0.958 bits per heavy atom. The van der Waals surface area contributed by atoms with Crippen LogP contribution in [-0.4, -0.2) is 58.9 Å². The van der Waals surface area contributed by atoms with E-state index in [1.807, 2.05) is 10.8 Å². The Morgan fingerprint density at radius 3 is 2.21 bits per heavy atom. The van der Waals surface area contributed by atoms with Gasteiger partial charge < -0.3 is 19.3 Å². The molecular weight excluding hydrogens is 332 g/mol. The third-order valence-electron chi connectivity index (χ3n) is 3.87. The van der Waals surface area contributed by atoms with Gasteiger partial charge in [0.1, 0.15) is 0 Å². The van der Waals surface area contributed by atoms with Crippen molar-refractivity contribution in [2.24, 2.45) is 0 Å². The number of rotatable bonds is 3. The number of carboxylic acids is 1. The van der Waals surface area contributed by atoms with Crippen LogP contribution in [0, 0.1) is 0 Å². The van der Waals surface area contributed by atoms with Gasteiger partial charge in [0.15, 0.2) is 5.76 Å². The van der Waals surface area contributed by atoms with Gasteiger partial charge in [0.2, 0.25) is 5.76 Å². The minimum Gasteiger partial charge on any atom is -0.475 e. The lowest BCUT2D eigenvalue weighted by Crippen LogP contribution is -2.37. The Kier molecular flexibility index (Phi) is 4.66. The van der Waals surface area contributed by atoms with Crippen molar-refractivity contribution >= 4 is 29.1 Å². The van der Waals surface area contributed by atoms with E-state index >= 15 is 0 Å². The Hall–Kier alpha value is -2.61. The van der Waals surface area contributed by atoms with Gasteiger partial charge in [-0.1, -0.05) is 0 Å². The van der Waals surface area contributed by atoms with Crippen LogP contribution in [0.1, 0.15) is 37.9 Å². The fraction of sp³-hybridized carbons (Fsp3) is 0.312. The number of thiophene rings is 1. The van der Waals surface area contributed by atoms with E-state index in [9.17, 15) is 14.4 Å². The first-order valence-electron chi connectivity index (χ1n) is 7.50. The molecule has 2 aromatic heterocycles. The monoisotopic (exact) mass is 348 g/mol. The minimum atomic E-state index is -1.21. The highest BCUT2D eigenvalue weighted by atomic mass is 32.1. The van der Waals surface area contributed by atoms with E-state index in [4.69, 9.17) is 9.52 Å². The van der Waals surface area contributed by atoms with Gasteiger partial charge in [-0.2, -0.15) is 11.3 Å². The van der Waals surface area contributed by atoms with Gasteiger partial charge in [-0.3, -0.25) is 9.59 Å². The molecule has 1 N–H and O–H groups in total. The van der Waals surface area contributed by atoms with Crippen molar-refractivity contribution in [2.75, 3.05) is 26.2 Å². The Morgan fingerprint density at radius 2 is 1.62 bits per heavy atom. The van der Waals surface area contributed by atoms with E-state index < -0.39 is 5.97 Å². The zero-order chi connectivity index (χ0) is 17.1. The van der Waals surface area contributed by atoms with Gasteiger partial charge in [0, 0.05) is 31.6 Å². The van der Waals surface area contributed by atoms with Crippen molar-refractivity contribution in [3.05, 3.63) is 46.0 Å². The molecule has 7 nitrogen and oxygen atoms in total. The van der Waals surface area contributed by atoms with E-state index in [1.165, 1.54) is 23.5 Å². The van der Waals surface area contributed by atoms with E-state index in [-0.39, 0.29) is 23.3 Å². The second-order valence-corrected chi connectivity index (χ2v) is 6.20. The smallest absolute Gasteiger partial charge is 0.371 e. The van der Waals surface area contributed by atoms with Crippen molar-refractivity contribution in [3.63, 3.8) is 0 Å². The normalized spacial score (nSPS) is 15.2. The van der Waals surface area contributed by atoms with Crippen LogP contribution < -0.4 is 0 Å². The zero-order valence-corrected chi connectivity index (χ0v) is 13.6. The maximum absolute atomic E-state index is 12.4. The fourth-order valence-corrected chi connectivity index (χ4v) is 3.25. The van der Waals surface area contributed by atoms with Gasteiger partial charge >= 0.3 is 5.97 Å². The molecule has 0 radical (unpaired) electrons. The van der Waals surface area contributed by atoms with Crippen LogP contribution >= 0.6 is 11.3 Å². The number of aromatic carboxylic acids is 1. The second kappa shape index (κ2) is 6.88. The highest BCUT2D eigenvalue weighted by Gasteiger charge is 2.25. The number of carbonyl (C=O) groups is 3. The summed E-state index contributed by atoms with van der Waals surface area (Å²) in [6.45, 7) is 1.90. The summed E-state index contributed by atoms with van der Waals surface area (Å²) in [4.78, 5) is 39.0. The number of carbonyl (C=O) groups excluding carboxylic acids is 2. The number of furan rings is 1. The predicted molar refractivity (Wildman–Crippen MR) is 86.4 cm³/mol. The average Bonchev–Trinajstić information content (AvgIpc) is 3.21. The quantitative estimate of drug-likeness (QED) is 0.916. The molecule has 0 bridgehead atoms.